The van der Waals surface area contributed by atoms with Crippen LogP contribution in [0.2, 0.25) is 0 Å². The lowest BCUT2D eigenvalue weighted by Crippen LogP contribution is -2.16. The molecule has 0 radical (unpaired) electrons. The largest absolute Gasteiger partial charge is 0.480 e. The zero-order valence-electron chi connectivity index (χ0n) is 3.53. The minimum absolute atomic E-state index is 0.418. The van der Waals surface area contributed by atoms with Gasteiger partial charge in [-0.3, -0.25) is 4.79 Å². The first-order valence-corrected chi connectivity index (χ1v) is 2.22. The summed E-state index contributed by atoms with van der Waals surface area (Å²) >= 11 is 3.48. The van der Waals surface area contributed by atoms with Gasteiger partial charge in [0.2, 0.25) is 0 Å². The van der Waals surface area contributed by atoms with Gasteiger partial charge in [-0.05, 0) is 0 Å². The fraction of sp³-hybridized carbons (Fsp3) is 0.667. The molecule has 0 heterocycles. The maximum atomic E-state index is 9.69. The highest BCUT2D eigenvalue weighted by atomic mass is 32.1. The van der Waals surface area contributed by atoms with Crippen LogP contribution >= 0.6 is 12.6 Å². The number of aliphatic carboxylic acids is 1. The maximum absolute atomic E-state index is 9.69. The van der Waals surface area contributed by atoms with E-state index in [1.54, 1.807) is 0 Å². The summed E-state index contributed by atoms with van der Waals surface area (Å²) in [7, 11) is 0. The Bertz CT molecular complexity index is 72.6. The standard InChI is InChI=1S/C3H6O3S/c4-1-2(7)3(5)6/h2,4,7H,1H2,(H,5,6)/t2-/m0/s1. The Labute approximate surface area is 46.4 Å². The third kappa shape index (κ3) is 2.47. The molecule has 0 aliphatic heterocycles. The van der Waals surface area contributed by atoms with Crippen molar-refractivity contribution in [2.24, 2.45) is 0 Å². The molecule has 3 nitrogen and oxygen atoms in total. The normalized spacial score (nSPS) is 13.4. The van der Waals surface area contributed by atoms with E-state index in [0.29, 0.717) is 0 Å². The van der Waals surface area contributed by atoms with Gasteiger partial charge in [0.15, 0.2) is 0 Å². The molecule has 0 fully saturated rings. The average molecular weight is 122 g/mol. The van der Waals surface area contributed by atoms with Crippen molar-refractivity contribution in [1.82, 2.24) is 0 Å². The molecule has 0 aromatic heterocycles. The molecular weight excluding hydrogens is 116 g/mol. The van der Waals surface area contributed by atoms with Crippen molar-refractivity contribution < 1.29 is 15.0 Å². The summed E-state index contributed by atoms with van der Waals surface area (Å²) in [5.41, 5.74) is 0. The zero-order chi connectivity index (χ0) is 5.86. The highest BCUT2D eigenvalue weighted by molar-refractivity contribution is 7.81. The van der Waals surface area contributed by atoms with Gasteiger partial charge in [0.1, 0.15) is 5.25 Å². The molecule has 0 rings (SSSR count). The first kappa shape index (κ1) is 6.78. The van der Waals surface area contributed by atoms with Crippen molar-refractivity contribution >= 4 is 18.6 Å². The van der Waals surface area contributed by atoms with E-state index in [9.17, 15) is 4.79 Å². The average Bonchev–Trinajstić information content (AvgIpc) is 1.65. The monoisotopic (exact) mass is 122 g/mol. The molecule has 0 aliphatic carbocycles. The van der Waals surface area contributed by atoms with Gasteiger partial charge < -0.3 is 10.2 Å². The summed E-state index contributed by atoms with van der Waals surface area (Å²) < 4.78 is 0. The van der Waals surface area contributed by atoms with E-state index < -0.39 is 17.8 Å². The molecule has 7 heavy (non-hydrogen) atoms. The second-order valence-corrected chi connectivity index (χ2v) is 1.66. The van der Waals surface area contributed by atoms with Crippen molar-refractivity contribution in [1.29, 1.82) is 0 Å². The van der Waals surface area contributed by atoms with Crippen LogP contribution in [-0.4, -0.2) is 28.0 Å². The molecule has 0 saturated heterocycles. The number of hydrogen-bond acceptors (Lipinski definition) is 3. The van der Waals surface area contributed by atoms with Crippen molar-refractivity contribution in [2.45, 2.75) is 5.25 Å². The van der Waals surface area contributed by atoms with Gasteiger partial charge >= 0.3 is 5.97 Å². The fourth-order valence-electron chi connectivity index (χ4n) is 0.0781. The Balaban J connectivity index is 3.34. The molecule has 1 atom stereocenters. The quantitative estimate of drug-likeness (QED) is 0.427. The molecule has 0 aliphatic rings. The summed E-state index contributed by atoms with van der Waals surface area (Å²) in [5.74, 6) is -1.09. The van der Waals surface area contributed by atoms with Crippen LogP contribution in [0.1, 0.15) is 0 Å². The van der Waals surface area contributed by atoms with E-state index in [4.69, 9.17) is 10.2 Å². The van der Waals surface area contributed by atoms with Gasteiger partial charge in [-0.25, -0.2) is 0 Å². The van der Waals surface area contributed by atoms with Crippen LogP contribution in [0.15, 0.2) is 0 Å². The summed E-state index contributed by atoms with van der Waals surface area (Å²) in [5, 5.41) is 15.1. The molecule has 0 bridgehead atoms. The Kier molecular flexibility index (Phi) is 2.78. The van der Waals surface area contributed by atoms with Crippen LogP contribution < -0.4 is 0 Å². The highest BCUT2D eigenvalue weighted by Gasteiger charge is 2.07. The third-order valence-electron chi connectivity index (χ3n) is 0.458. The number of carboxylic acid groups (broad SMARTS) is 1. The molecule has 0 aromatic carbocycles. The smallest absolute Gasteiger partial charge is 0.318 e. The molecule has 0 saturated carbocycles. The van der Waals surface area contributed by atoms with E-state index in [-0.39, 0.29) is 0 Å². The topological polar surface area (TPSA) is 57.5 Å². The van der Waals surface area contributed by atoms with Gasteiger partial charge in [-0.2, -0.15) is 12.6 Å². The Morgan fingerprint density at radius 1 is 1.86 bits per heavy atom. The summed E-state index contributed by atoms with van der Waals surface area (Å²) in [4.78, 5) is 9.69. The first-order valence-electron chi connectivity index (χ1n) is 1.70. The van der Waals surface area contributed by atoms with E-state index in [0.717, 1.165) is 0 Å². The maximum Gasteiger partial charge on any atom is 0.318 e. The van der Waals surface area contributed by atoms with E-state index in [1.807, 2.05) is 0 Å². The van der Waals surface area contributed by atoms with Gasteiger partial charge in [0.05, 0.1) is 6.61 Å². The third-order valence-corrected chi connectivity index (χ3v) is 0.842. The zero-order valence-corrected chi connectivity index (χ0v) is 4.43. The van der Waals surface area contributed by atoms with Crippen LogP contribution in [0.3, 0.4) is 0 Å². The lowest BCUT2D eigenvalue weighted by atomic mass is 10.5. The first-order chi connectivity index (χ1) is 3.18. The lowest BCUT2D eigenvalue weighted by molar-refractivity contribution is -0.136. The number of hydrogen-bond donors (Lipinski definition) is 3. The molecule has 0 spiro atoms. The number of rotatable bonds is 2. The fourth-order valence-corrected chi connectivity index (χ4v) is 0.0781. The molecular formula is C3H6O3S. The van der Waals surface area contributed by atoms with Gasteiger partial charge in [0, 0.05) is 0 Å². The molecule has 0 unspecified atom stereocenters. The van der Waals surface area contributed by atoms with Crippen LogP contribution in [0, 0.1) is 0 Å². The summed E-state index contributed by atoms with van der Waals surface area (Å²) in [6.07, 6.45) is 0. The van der Waals surface area contributed by atoms with Crippen molar-refractivity contribution in [3.05, 3.63) is 0 Å². The Morgan fingerprint density at radius 2 is 2.29 bits per heavy atom. The van der Waals surface area contributed by atoms with Crippen molar-refractivity contribution in [2.75, 3.05) is 6.61 Å². The number of thiol groups is 1. The van der Waals surface area contributed by atoms with Crippen LogP contribution in [-0.2, 0) is 4.79 Å². The van der Waals surface area contributed by atoms with Crippen molar-refractivity contribution in [3.8, 4) is 0 Å². The van der Waals surface area contributed by atoms with Crippen molar-refractivity contribution in [3.63, 3.8) is 0 Å². The molecule has 42 valence electrons. The molecule has 2 N–H and O–H groups in total. The minimum atomic E-state index is -1.09. The predicted octanol–water partition coefficient (Wildman–Crippen LogP) is -0.638. The Hall–Kier alpha value is -0.220. The van der Waals surface area contributed by atoms with Crippen LogP contribution in [0.4, 0.5) is 0 Å². The highest BCUT2D eigenvalue weighted by Crippen LogP contribution is 1.89. The van der Waals surface area contributed by atoms with E-state index in [1.165, 1.54) is 0 Å². The number of aliphatic hydroxyl groups excluding tert-OH is 1. The lowest BCUT2D eigenvalue weighted by Gasteiger charge is -1.95. The SMILES string of the molecule is O=C(O)[C@@H](S)CO. The number of aliphatic hydroxyl groups is 1. The van der Waals surface area contributed by atoms with Crippen LogP contribution in [0.25, 0.3) is 0 Å². The number of carboxylic acids is 1. The van der Waals surface area contributed by atoms with Gasteiger partial charge in [0.25, 0.3) is 0 Å². The minimum Gasteiger partial charge on any atom is -0.480 e. The summed E-state index contributed by atoms with van der Waals surface area (Å²) in [6.45, 7) is -0.418. The number of carbonyl (C=O) groups is 1. The second kappa shape index (κ2) is 2.87. The Morgan fingerprint density at radius 3 is 2.29 bits per heavy atom. The van der Waals surface area contributed by atoms with Crippen LogP contribution in [0.5, 0.6) is 0 Å². The second-order valence-electron chi connectivity index (χ2n) is 1.04. The molecule has 0 amide bonds. The molecule has 4 heteroatoms. The van der Waals surface area contributed by atoms with E-state index in [2.05, 4.69) is 12.6 Å². The van der Waals surface area contributed by atoms with Gasteiger partial charge in [-0.1, -0.05) is 0 Å². The van der Waals surface area contributed by atoms with E-state index >= 15 is 0 Å². The van der Waals surface area contributed by atoms with Gasteiger partial charge in [-0.15, -0.1) is 0 Å². The predicted molar refractivity (Wildman–Crippen MR) is 27.5 cm³/mol. The summed E-state index contributed by atoms with van der Waals surface area (Å²) in [6, 6.07) is 0. The molecule has 0 aromatic rings.